The Labute approximate surface area is 164 Å². The number of hydrogen-bond acceptors (Lipinski definition) is 0. The summed E-state index contributed by atoms with van der Waals surface area (Å²) in [6, 6.07) is 19.8. The van der Waals surface area contributed by atoms with Crippen LogP contribution in [0.25, 0.3) is 22.2 Å². The van der Waals surface area contributed by atoms with Crippen molar-refractivity contribution in [1.29, 1.82) is 0 Å². The molecule has 0 N–H and O–H groups in total. The Morgan fingerprint density at radius 2 is 1.59 bits per heavy atom. The SMILES string of the molecule is CCCC/C=C/[C@@H](CCCC)c1c(-c2ccccc2)n(C)c2ccccc12. The predicted octanol–water partition coefficient (Wildman–Crippen LogP) is 7.87. The van der Waals surface area contributed by atoms with Crippen molar-refractivity contribution >= 4 is 10.9 Å². The lowest BCUT2D eigenvalue weighted by atomic mass is 9.88. The van der Waals surface area contributed by atoms with Crippen LogP contribution in [0.1, 0.15) is 63.9 Å². The molecule has 0 saturated heterocycles. The third-order valence-electron chi connectivity index (χ3n) is 5.53. The van der Waals surface area contributed by atoms with Gasteiger partial charge in [0.2, 0.25) is 0 Å². The molecule has 0 fully saturated rings. The van der Waals surface area contributed by atoms with E-state index in [4.69, 9.17) is 0 Å². The number of unbranched alkanes of at least 4 members (excludes halogenated alkanes) is 3. The second-order valence-corrected chi connectivity index (χ2v) is 7.52. The molecule has 0 bridgehead atoms. The molecule has 1 aromatic heterocycles. The van der Waals surface area contributed by atoms with Crippen molar-refractivity contribution in [2.45, 2.75) is 58.3 Å². The number of fused-ring (bicyclic) bond motifs is 1. The molecule has 0 radical (unpaired) electrons. The van der Waals surface area contributed by atoms with Gasteiger partial charge in [-0.2, -0.15) is 0 Å². The normalized spacial score (nSPS) is 12.9. The first-order valence-corrected chi connectivity index (χ1v) is 10.6. The van der Waals surface area contributed by atoms with Crippen LogP contribution in [0.15, 0.2) is 66.7 Å². The van der Waals surface area contributed by atoms with Crippen molar-refractivity contribution in [1.82, 2.24) is 4.57 Å². The fourth-order valence-corrected chi connectivity index (χ4v) is 4.09. The fourth-order valence-electron chi connectivity index (χ4n) is 4.09. The number of nitrogens with zero attached hydrogens (tertiary/aromatic N) is 1. The van der Waals surface area contributed by atoms with Crippen molar-refractivity contribution in [3.05, 3.63) is 72.3 Å². The second-order valence-electron chi connectivity index (χ2n) is 7.52. The summed E-state index contributed by atoms with van der Waals surface area (Å²) >= 11 is 0. The Hall–Kier alpha value is -2.28. The van der Waals surface area contributed by atoms with Gasteiger partial charge in [-0.3, -0.25) is 0 Å². The van der Waals surface area contributed by atoms with E-state index >= 15 is 0 Å². The van der Waals surface area contributed by atoms with E-state index in [-0.39, 0.29) is 0 Å². The molecule has 0 unspecified atom stereocenters. The van der Waals surface area contributed by atoms with Gasteiger partial charge in [0.15, 0.2) is 0 Å². The highest BCUT2D eigenvalue weighted by atomic mass is 15.0. The van der Waals surface area contributed by atoms with Gasteiger partial charge in [0, 0.05) is 23.9 Å². The zero-order valence-corrected chi connectivity index (χ0v) is 17.1. The molecule has 2 aromatic carbocycles. The lowest BCUT2D eigenvalue weighted by Gasteiger charge is -2.16. The Morgan fingerprint density at radius 1 is 0.889 bits per heavy atom. The summed E-state index contributed by atoms with van der Waals surface area (Å²) in [5, 5.41) is 1.40. The highest BCUT2D eigenvalue weighted by Gasteiger charge is 2.21. The molecular formula is C26H33N. The maximum Gasteiger partial charge on any atom is 0.0527 e. The molecule has 1 nitrogen and oxygen atoms in total. The summed E-state index contributed by atoms with van der Waals surface area (Å²) in [7, 11) is 2.21. The Kier molecular flexibility index (Phi) is 6.92. The predicted molar refractivity (Wildman–Crippen MR) is 119 cm³/mol. The van der Waals surface area contributed by atoms with Crippen LogP contribution in [0.3, 0.4) is 0 Å². The number of rotatable bonds is 9. The van der Waals surface area contributed by atoms with Crippen molar-refractivity contribution in [3.8, 4) is 11.3 Å². The van der Waals surface area contributed by atoms with E-state index in [0.29, 0.717) is 5.92 Å². The molecule has 0 amide bonds. The molecule has 3 aromatic rings. The summed E-state index contributed by atoms with van der Waals surface area (Å²) in [5.74, 6) is 0.475. The smallest absolute Gasteiger partial charge is 0.0527 e. The molecule has 1 heteroatoms. The van der Waals surface area contributed by atoms with Crippen LogP contribution >= 0.6 is 0 Å². The van der Waals surface area contributed by atoms with Gasteiger partial charge in [-0.25, -0.2) is 0 Å². The van der Waals surface area contributed by atoms with E-state index in [9.17, 15) is 0 Å². The molecule has 0 saturated carbocycles. The highest BCUT2D eigenvalue weighted by Crippen LogP contribution is 2.40. The first-order valence-electron chi connectivity index (χ1n) is 10.6. The van der Waals surface area contributed by atoms with Crippen molar-refractivity contribution in [3.63, 3.8) is 0 Å². The molecule has 0 aliphatic carbocycles. The van der Waals surface area contributed by atoms with Crippen LogP contribution in [-0.2, 0) is 7.05 Å². The molecule has 0 aliphatic rings. The van der Waals surface area contributed by atoms with Crippen LogP contribution in [0, 0.1) is 0 Å². The summed E-state index contributed by atoms with van der Waals surface area (Å²) in [5.41, 5.74) is 5.52. The third-order valence-corrected chi connectivity index (χ3v) is 5.53. The highest BCUT2D eigenvalue weighted by molar-refractivity contribution is 5.92. The van der Waals surface area contributed by atoms with E-state index in [1.807, 2.05) is 0 Å². The summed E-state index contributed by atoms with van der Waals surface area (Å²) in [6.45, 7) is 4.56. The topological polar surface area (TPSA) is 4.93 Å². The van der Waals surface area contributed by atoms with Gasteiger partial charge in [-0.1, -0.05) is 100 Å². The number of para-hydroxylation sites is 1. The van der Waals surface area contributed by atoms with Crippen LogP contribution < -0.4 is 0 Å². The minimum atomic E-state index is 0.475. The zero-order chi connectivity index (χ0) is 19.1. The third kappa shape index (κ3) is 4.35. The van der Waals surface area contributed by atoms with E-state index in [1.165, 1.54) is 66.2 Å². The van der Waals surface area contributed by atoms with Gasteiger partial charge >= 0.3 is 0 Å². The zero-order valence-electron chi connectivity index (χ0n) is 17.1. The van der Waals surface area contributed by atoms with Gasteiger partial charge in [-0.15, -0.1) is 0 Å². The number of aromatic nitrogens is 1. The number of hydrogen-bond donors (Lipinski definition) is 0. The molecule has 1 atom stereocenters. The lowest BCUT2D eigenvalue weighted by Crippen LogP contribution is -2.00. The average Bonchev–Trinajstić information content (AvgIpc) is 3.01. The van der Waals surface area contributed by atoms with Crippen molar-refractivity contribution in [2.24, 2.45) is 7.05 Å². The summed E-state index contributed by atoms with van der Waals surface area (Å²) in [6.07, 6.45) is 12.3. The molecule has 142 valence electrons. The second kappa shape index (κ2) is 9.60. The number of benzene rings is 2. The van der Waals surface area contributed by atoms with Gasteiger partial charge in [0.25, 0.3) is 0 Å². The Balaban J connectivity index is 2.15. The molecular weight excluding hydrogens is 326 g/mol. The van der Waals surface area contributed by atoms with E-state index in [0.717, 1.165) is 0 Å². The Bertz CT molecular complexity index is 870. The number of allylic oxidation sites excluding steroid dienone is 2. The van der Waals surface area contributed by atoms with Crippen LogP contribution in [0.4, 0.5) is 0 Å². The number of aryl methyl sites for hydroxylation is 1. The maximum atomic E-state index is 2.49. The summed E-state index contributed by atoms with van der Waals surface area (Å²) < 4.78 is 2.39. The molecule has 3 rings (SSSR count). The van der Waals surface area contributed by atoms with Gasteiger partial charge in [0.05, 0.1) is 5.69 Å². The quantitative estimate of drug-likeness (QED) is 0.270. The summed E-state index contributed by atoms with van der Waals surface area (Å²) in [4.78, 5) is 0. The Morgan fingerprint density at radius 3 is 2.33 bits per heavy atom. The molecule has 27 heavy (non-hydrogen) atoms. The van der Waals surface area contributed by atoms with E-state index < -0.39 is 0 Å². The van der Waals surface area contributed by atoms with Crippen LogP contribution in [-0.4, -0.2) is 4.57 Å². The first kappa shape index (κ1) is 19.5. The minimum absolute atomic E-state index is 0.475. The van der Waals surface area contributed by atoms with Gasteiger partial charge in [0.1, 0.15) is 0 Å². The minimum Gasteiger partial charge on any atom is -0.343 e. The van der Waals surface area contributed by atoms with Crippen LogP contribution in [0.5, 0.6) is 0 Å². The van der Waals surface area contributed by atoms with Crippen molar-refractivity contribution in [2.75, 3.05) is 0 Å². The maximum absolute atomic E-state index is 2.49. The van der Waals surface area contributed by atoms with Crippen molar-refractivity contribution < 1.29 is 0 Å². The largest absolute Gasteiger partial charge is 0.343 e. The fraction of sp³-hybridized carbons (Fsp3) is 0.385. The van der Waals surface area contributed by atoms with Gasteiger partial charge in [-0.05, 0) is 30.0 Å². The molecule has 1 heterocycles. The van der Waals surface area contributed by atoms with E-state index in [1.54, 1.807) is 0 Å². The average molecular weight is 360 g/mol. The monoisotopic (exact) mass is 359 g/mol. The lowest BCUT2D eigenvalue weighted by molar-refractivity contribution is 0.663. The van der Waals surface area contributed by atoms with Gasteiger partial charge < -0.3 is 4.57 Å². The first-order chi connectivity index (χ1) is 13.3. The molecule has 0 aliphatic heterocycles. The molecule has 0 spiro atoms. The van der Waals surface area contributed by atoms with E-state index in [2.05, 4.69) is 92.2 Å². The standard InChI is InChI=1S/C26H33N/c1-4-6-8-10-16-21(15-7-5-2)25-23-19-13-14-20-24(23)27(3)26(25)22-17-11-9-12-18-22/h9-14,16-21H,4-8,15H2,1-3H3/b16-10+/t21-/m1/s1. The van der Waals surface area contributed by atoms with Crippen LogP contribution in [0.2, 0.25) is 0 Å².